The fourth-order valence-electron chi connectivity index (χ4n) is 1.77. The smallest absolute Gasteiger partial charge is 0.191 e. The van der Waals surface area contributed by atoms with Gasteiger partial charge in [0.1, 0.15) is 11.6 Å². The SMILES string of the molecule is C[C@@H](CCc1ccccc1)Sc1nc(N)cc(N)n1. The molecule has 1 heterocycles. The molecule has 100 valence electrons. The predicted octanol–water partition coefficient (Wildman–Crippen LogP) is 2.75. The highest BCUT2D eigenvalue weighted by Crippen LogP contribution is 2.24. The molecule has 19 heavy (non-hydrogen) atoms. The third-order valence-corrected chi connectivity index (χ3v) is 3.77. The van der Waals surface area contributed by atoms with Gasteiger partial charge < -0.3 is 11.5 Å². The molecule has 0 bridgehead atoms. The number of thioether (sulfide) groups is 1. The Morgan fingerprint density at radius 2 is 1.74 bits per heavy atom. The van der Waals surface area contributed by atoms with Crippen molar-refractivity contribution in [2.75, 3.05) is 11.5 Å². The second-order valence-electron chi connectivity index (χ2n) is 4.45. The van der Waals surface area contributed by atoms with E-state index in [1.54, 1.807) is 17.8 Å². The Morgan fingerprint density at radius 3 is 2.37 bits per heavy atom. The van der Waals surface area contributed by atoms with E-state index in [0.29, 0.717) is 22.0 Å². The fraction of sp³-hybridized carbons (Fsp3) is 0.286. The number of anilines is 2. The molecule has 2 rings (SSSR count). The second kappa shape index (κ2) is 6.43. The van der Waals surface area contributed by atoms with Crippen LogP contribution in [0.15, 0.2) is 41.6 Å². The zero-order chi connectivity index (χ0) is 13.7. The number of nitrogen functional groups attached to an aromatic ring is 2. The zero-order valence-corrected chi connectivity index (χ0v) is 11.7. The van der Waals surface area contributed by atoms with Crippen molar-refractivity contribution in [3.8, 4) is 0 Å². The second-order valence-corrected chi connectivity index (χ2v) is 5.86. The molecule has 5 heteroatoms. The highest BCUT2D eigenvalue weighted by atomic mass is 32.2. The number of rotatable bonds is 5. The molecule has 0 spiro atoms. The van der Waals surface area contributed by atoms with Crippen molar-refractivity contribution in [1.82, 2.24) is 9.97 Å². The van der Waals surface area contributed by atoms with E-state index in [9.17, 15) is 0 Å². The molecular weight excluding hydrogens is 256 g/mol. The van der Waals surface area contributed by atoms with E-state index in [1.807, 2.05) is 6.07 Å². The van der Waals surface area contributed by atoms with Crippen molar-refractivity contribution in [2.45, 2.75) is 30.2 Å². The lowest BCUT2D eigenvalue weighted by Gasteiger charge is -2.10. The number of benzene rings is 1. The third kappa shape index (κ3) is 4.44. The van der Waals surface area contributed by atoms with Gasteiger partial charge in [-0.2, -0.15) is 0 Å². The topological polar surface area (TPSA) is 77.8 Å². The van der Waals surface area contributed by atoms with Crippen LogP contribution in [-0.2, 0) is 6.42 Å². The molecular formula is C14H18N4S. The zero-order valence-electron chi connectivity index (χ0n) is 10.9. The molecule has 1 atom stereocenters. The van der Waals surface area contributed by atoms with Crippen LogP contribution in [0, 0.1) is 0 Å². The molecule has 0 radical (unpaired) electrons. The summed E-state index contributed by atoms with van der Waals surface area (Å²) in [6.45, 7) is 2.16. The largest absolute Gasteiger partial charge is 0.383 e. The van der Waals surface area contributed by atoms with E-state index in [1.165, 1.54) is 5.56 Å². The molecule has 0 fully saturated rings. The number of nitrogens with zero attached hydrogens (tertiary/aromatic N) is 2. The molecule has 4 N–H and O–H groups in total. The average molecular weight is 274 g/mol. The van der Waals surface area contributed by atoms with E-state index < -0.39 is 0 Å². The number of hydrogen-bond acceptors (Lipinski definition) is 5. The number of aromatic nitrogens is 2. The first-order chi connectivity index (χ1) is 9.13. The van der Waals surface area contributed by atoms with Crippen molar-refractivity contribution in [1.29, 1.82) is 0 Å². The van der Waals surface area contributed by atoms with Crippen molar-refractivity contribution >= 4 is 23.4 Å². The number of hydrogen-bond donors (Lipinski definition) is 2. The van der Waals surface area contributed by atoms with Crippen LogP contribution in [0.4, 0.5) is 11.6 Å². The van der Waals surface area contributed by atoms with Gasteiger partial charge in [0.25, 0.3) is 0 Å². The highest BCUT2D eigenvalue weighted by Gasteiger charge is 2.08. The van der Waals surface area contributed by atoms with E-state index >= 15 is 0 Å². The maximum Gasteiger partial charge on any atom is 0.191 e. The first-order valence-electron chi connectivity index (χ1n) is 6.24. The van der Waals surface area contributed by atoms with Crippen LogP contribution >= 0.6 is 11.8 Å². The van der Waals surface area contributed by atoms with Crippen LogP contribution in [0.1, 0.15) is 18.9 Å². The molecule has 0 aliphatic carbocycles. The van der Waals surface area contributed by atoms with Gasteiger partial charge in [0.15, 0.2) is 5.16 Å². The minimum Gasteiger partial charge on any atom is -0.383 e. The normalized spacial score (nSPS) is 12.3. The van der Waals surface area contributed by atoms with E-state index in [-0.39, 0.29) is 0 Å². The summed E-state index contributed by atoms with van der Waals surface area (Å²) in [5.74, 6) is 0.843. The Morgan fingerprint density at radius 1 is 1.11 bits per heavy atom. The summed E-state index contributed by atoms with van der Waals surface area (Å²) in [6, 6.07) is 12.0. The minimum atomic E-state index is 0.418. The Bertz CT molecular complexity index is 510. The van der Waals surface area contributed by atoms with Crippen molar-refractivity contribution in [3.63, 3.8) is 0 Å². The molecule has 2 aromatic rings. The van der Waals surface area contributed by atoms with Gasteiger partial charge in [-0.25, -0.2) is 9.97 Å². The van der Waals surface area contributed by atoms with Crippen LogP contribution in [0.2, 0.25) is 0 Å². The minimum absolute atomic E-state index is 0.418. The fourth-order valence-corrected chi connectivity index (χ4v) is 2.68. The summed E-state index contributed by atoms with van der Waals surface area (Å²) in [5, 5.41) is 1.07. The van der Waals surface area contributed by atoms with Crippen LogP contribution < -0.4 is 11.5 Å². The Balaban J connectivity index is 1.89. The quantitative estimate of drug-likeness (QED) is 0.647. The first-order valence-corrected chi connectivity index (χ1v) is 7.12. The van der Waals surface area contributed by atoms with Gasteiger partial charge in [0, 0.05) is 11.3 Å². The molecule has 0 amide bonds. The molecule has 0 unspecified atom stereocenters. The van der Waals surface area contributed by atoms with Gasteiger partial charge in [-0.1, -0.05) is 49.0 Å². The van der Waals surface area contributed by atoms with Crippen LogP contribution in [0.3, 0.4) is 0 Å². The lowest BCUT2D eigenvalue weighted by atomic mass is 10.1. The Kier molecular flexibility index (Phi) is 4.63. The monoisotopic (exact) mass is 274 g/mol. The first kappa shape index (κ1) is 13.7. The molecule has 4 nitrogen and oxygen atoms in total. The Hall–Kier alpha value is -1.75. The standard InChI is InChI=1S/C14H18N4S/c1-10(7-8-11-5-3-2-4-6-11)19-14-17-12(15)9-13(16)18-14/h2-6,9-10H,7-8H2,1H3,(H4,15,16,17,18)/t10-/m0/s1. The van der Waals surface area contributed by atoms with Gasteiger partial charge in [0.2, 0.25) is 0 Å². The molecule has 1 aromatic carbocycles. The summed E-state index contributed by atoms with van der Waals surface area (Å²) in [6.07, 6.45) is 2.11. The van der Waals surface area contributed by atoms with E-state index in [0.717, 1.165) is 12.8 Å². The van der Waals surface area contributed by atoms with E-state index in [2.05, 4.69) is 41.2 Å². The highest BCUT2D eigenvalue weighted by molar-refractivity contribution is 7.99. The van der Waals surface area contributed by atoms with Gasteiger partial charge in [-0.05, 0) is 18.4 Å². The molecule has 0 aliphatic heterocycles. The Labute approximate surface area is 117 Å². The summed E-state index contributed by atoms with van der Waals surface area (Å²) in [5.41, 5.74) is 12.7. The molecule has 0 saturated heterocycles. The maximum atomic E-state index is 5.66. The molecule has 0 aliphatic rings. The van der Waals surface area contributed by atoms with Crippen molar-refractivity contribution < 1.29 is 0 Å². The van der Waals surface area contributed by atoms with Crippen LogP contribution in [-0.4, -0.2) is 15.2 Å². The average Bonchev–Trinajstić information content (AvgIpc) is 2.36. The van der Waals surface area contributed by atoms with Gasteiger partial charge >= 0.3 is 0 Å². The summed E-state index contributed by atoms with van der Waals surface area (Å²) >= 11 is 1.61. The van der Waals surface area contributed by atoms with Crippen molar-refractivity contribution in [3.05, 3.63) is 42.0 Å². The van der Waals surface area contributed by atoms with Gasteiger partial charge in [-0.15, -0.1) is 0 Å². The van der Waals surface area contributed by atoms with Crippen molar-refractivity contribution in [2.24, 2.45) is 0 Å². The summed E-state index contributed by atoms with van der Waals surface area (Å²) in [4.78, 5) is 8.36. The third-order valence-electron chi connectivity index (χ3n) is 2.73. The summed E-state index contributed by atoms with van der Waals surface area (Å²) in [7, 11) is 0. The molecule has 1 aromatic heterocycles. The number of aryl methyl sites for hydroxylation is 1. The maximum absolute atomic E-state index is 5.66. The van der Waals surface area contributed by atoms with E-state index in [4.69, 9.17) is 11.5 Å². The summed E-state index contributed by atoms with van der Waals surface area (Å²) < 4.78 is 0. The lowest BCUT2D eigenvalue weighted by molar-refractivity contribution is 0.805. The van der Waals surface area contributed by atoms with Crippen LogP contribution in [0.5, 0.6) is 0 Å². The van der Waals surface area contributed by atoms with Gasteiger partial charge in [-0.3, -0.25) is 0 Å². The molecule has 0 saturated carbocycles. The lowest BCUT2D eigenvalue weighted by Crippen LogP contribution is -2.04. The predicted molar refractivity (Wildman–Crippen MR) is 80.9 cm³/mol. The van der Waals surface area contributed by atoms with Crippen LogP contribution in [0.25, 0.3) is 0 Å². The van der Waals surface area contributed by atoms with Gasteiger partial charge in [0.05, 0.1) is 0 Å². The number of nitrogens with two attached hydrogens (primary N) is 2.